The van der Waals surface area contributed by atoms with Crippen molar-refractivity contribution in [3.8, 4) is 0 Å². The van der Waals surface area contributed by atoms with Crippen LogP contribution in [0.5, 0.6) is 0 Å². The minimum absolute atomic E-state index is 0.0752. The molecule has 1 fully saturated rings. The van der Waals surface area contributed by atoms with E-state index in [4.69, 9.17) is 0 Å². The molecule has 6 nitrogen and oxygen atoms in total. The molecule has 0 saturated carbocycles. The summed E-state index contributed by atoms with van der Waals surface area (Å²) in [5.74, 6) is -0.0204. The molecular formula is C14H22N4O2. The third kappa shape index (κ3) is 3.18. The van der Waals surface area contributed by atoms with Crippen molar-refractivity contribution in [3.63, 3.8) is 0 Å². The van der Waals surface area contributed by atoms with Crippen molar-refractivity contribution >= 4 is 11.8 Å². The number of hydrogen-bond acceptors (Lipinski definition) is 3. The molecule has 1 saturated heterocycles. The molecule has 1 N–H and O–H groups in total. The molecule has 0 bridgehead atoms. The Hall–Kier alpha value is -1.85. The van der Waals surface area contributed by atoms with E-state index in [9.17, 15) is 9.59 Å². The van der Waals surface area contributed by atoms with Crippen LogP contribution < -0.4 is 5.32 Å². The van der Waals surface area contributed by atoms with Gasteiger partial charge in [-0.25, -0.2) is 0 Å². The molecule has 2 heterocycles. The Bertz CT molecular complexity index is 509. The number of likely N-dealkylation sites (tertiary alicyclic amines) is 1. The Labute approximate surface area is 119 Å². The molecule has 1 atom stereocenters. The van der Waals surface area contributed by atoms with Crippen LogP contribution in [0.4, 0.5) is 0 Å². The summed E-state index contributed by atoms with van der Waals surface area (Å²) in [7, 11) is 0. The van der Waals surface area contributed by atoms with Crippen LogP contribution in [0, 0.1) is 13.8 Å². The van der Waals surface area contributed by atoms with Crippen LogP contribution in [0.2, 0.25) is 0 Å². The summed E-state index contributed by atoms with van der Waals surface area (Å²) in [5.41, 5.74) is 2.06. The minimum atomic E-state index is -0.384. The number of rotatable bonds is 5. The maximum atomic E-state index is 12.0. The Balaban J connectivity index is 1.80. The number of carbonyl (C=O) groups excluding carboxylic acids is 2. The van der Waals surface area contributed by atoms with E-state index in [-0.39, 0.29) is 17.9 Å². The number of aromatic nitrogens is 2. The van der Waals surface area contributed by atoms with E-state index in [1.54, 1.807) is 11.8 Å². The van der Waals surface area contributed by atoms with Crippen molar-refractivity contribution < 1.29 is 9.59 Å². The highest BCUT2D eigenvalue weighted by Crippen LogP contribution is 2.13. The van der Waals surface area contributed by atoms with Crippen molar-refractivity contribution in [3.05, 3.63) is 17.5 Å². The second-order valence-corrected chi connectivity index (χ2v) is 5.31. The molecule has 1 aromatic heterocycles. The second kappa shape index (κ2) is 6.07. The second-order valence-electron chi connectivity index (χ2n) is 5.31. The summed E-state index contributed by atoms with van der Waals surface area (Å²) >= 11 is 0. The Morgan fingerprint density at radius 3 is 2.80 bits per heavy atom. The predicted molar refractivity (Wildman–Crippen MR) is 75.1 cm³/mol. The van der Waals surface area contributed by atoms with Gasteiger partial charge in [0.05, 0.1) is 12.2 Å². The van der Waals surface area contributed by atoms with E-state index in [1.807, 2.05) is 24.6 Å². The first-order valence-corrected chi connectivity index (χ1v) is 7.07. The molecule has 0 spiro atoms. The number of hydrogen-bond donors (Lipinski definition) is 1. The molecule has 20 heavy (non-hydrogen) atoms. The first-order chi connectivity index (χ1) is 9.49. The zero-order chi connectivity index (χ0) is 14.7. The van der Waals surface area contributed by atoms with Crippen LogP contribution in [0.15, 0.2) is 6.07 Å². The lowest BCUT2D eigenvalue weighted by molar-refractivity contribution is -0.136. The summed E-state index contributed by atoms with van der Waals surface area (Å²) in [5, 5.41) is 7.21. The Morgan fingerprint density at radius 2 is 2.25 bits per heavy atom. The molecule has 0 aromatic carbocycles. The van der Waals surface area contributed by atoms with Crippen LogP contribution in [0.3, 0.4) is 0 Å². The van der Waals surface area contributed by atoms with Crippen molar-refractivity contribution in [2.75, 3.05) is 13.1 Å². The van der Waals surface area contributed by atoms with Gasteiger partial charge < -0.3 is 10.2 Å². The minimum Gasteiger partial charge on any atom is -0.352 e. The third-order valence-electron chi connectivity index (χ3n) is 3.68. The van der Waals surface area contributed by atoms with Crippen LogP contribution in [0.1, 0.15) is 31.2 Å². The fourth-order valence-electron chi connectivity index (χ4n) is 2.55. The van der Waals surface area contributed by atoms with E-state index < -0.39 is 0 Å². The van der Waals surface area contributed by atoms with Gasteiger partial charge >= 0.3 is 0 Å². The third-order valence-corrected chi connectivity index (χ3v) is 3.68. The van der Waals surface area contributed by atoms with Gasteiger partial charge in [0.15, 0.2) is 0 Å². The van der Waals surface area contributed by atoms with Crippen molar-refractivity contribution in [1.82, 2.24) is 20.0 Å². The first kappa shape index (κ1) is 14.6. The lowest BCUT2D eigenvalue weighted by atomic mass is 10.2. The number of amides is 2. The highest BCUT2D eigenvalue weighted by atomic mass is 16.2. The van der Waals surface area contributed by atoms with E-state index in [0.29, 0.717) is 26.1 Å². The average Bonchev–Trinajstić information content (AvgIpc) is 2.94. The highest BCUT2D eigenvalue weighted by molar-refractivity contribution is 5.88. The SMILES string of the molecule is Cc1cc(C)n(CCNC(=O)C(C)N2CCCC2=O)n1. The Morgan fingerprint density at radius 1 is 1.50 bits per heavy atom. The van der Waals surface area contributed by atoms with Crippen LogP contribution >= 0.6 is 0 Å². The van der Waals surface area contributed by atoms with Gasteiger partial charge in [0.1, 0.15) is 6.04 Å². The normalized spacial score (nSPS) is 16.6. The van der Waals surface area contributed by atoms with Crippen molar-refractivity contribution in [2.24, 2.45) is 0 Å². The van der Waals surface area contributed by atoms with Gasteiger partial charge in [0.2, 0.25) is 11.8 Å². The van der Waals surface area contributed by atoms with Crippen LogP contribution in [-0.4, -0.2) is 45.6 Å². The zero-order valence-corrected chi connectivity index (χ0v) is 12.3. The standard InChI is InChI=1S/C14H22N4O2/c1-10-9-11(2)18(16-10)8-6-15-14(20)12(3)17-7-4-5-13(17)19/h9,12H,4-8H2,1-3H3,(H,15,20). The summed E-state index contributed by atoms with van der Waals surface area (Å²) in [4.78, 5) is 25.3. The molecule has 1 aliphatic heterocycles. The number of aryl methyl sites for hydroxylation is 2. The van der Waals surface area contributed by atoms with Crippen LogP contribution in [0.25, 0.3) is 0 Å². The Kier molecular flexibility index (Phi) is 4.42. The monoisotopic (exact) mass is 278 g/mol. The lowest BCUT2D eigenvalue weighted by Gasteiger charge is -2.23. The van der Waals surface area contributed by atoms with Gasteiger partial charge in [-0.1, -0.05) is 0 Å². The number of nitrogens with zero attached hydrogens (tertiary/aromatic N) is 3. The molecule has 0 aliphatic carbocycles. The number of nitrogens with one attached hydrogen (secondary N) is 1. The largest absolute Gasteiger partial charge is 0.352 e. The van der Waals surface area contributed by atoms with Gasteiger partial charge in [-0.15, -0.1) is 0 Å². The van der Waals surface area contributed by atoms with Gasteiger partial charge in [0.25, 0.3) is 0 Å². The van der Waals surface area contributed by atoms with Gasteiger partial charge in [-0.05, 0) is 33.3 Å². The van der Waals surface area contributed by atoms with E-state index in [2.05, 4.69) is 10.4 Å². The van der Waals surface area contributed by atoms with E-state index in [1.165, 1.54) is 0 Å². The molecule has 2 rings (SSSR count). The lowest BCUT2D eigenvalue weighted by Crippen LogP contribution is -2.46. The maximum Gasteiger partial charge on any atom is 0.242 e. The summed E-state index contributed by atoms with van der Waals surface area (Å²) in [6.45, 7) is 7.57. The maximum absolute atomic E-state index is 12.0. The average molecular weight is 278 g/mol. The molecule has 1 aromatic rings. The van der Waals surface area contributed by atoms with Crippen molar-refractivity contribution in [2.45, 2.75) is 46.2 Å². The fourth-order valence-corrected chi connectivity index (χ4v) is 2.55. The van der Waals surface area contributed by atoms with Gasteiger partial charge in [0, 0.05) is 25.2 Å². The number of carbonyl (C=O) groups is 2. The van der Waals surface area contributed by atoms with Crippen molar-refractivity contribution in [1.29, 1.82) is 0 Å². The van der Waals surface area contributed by atoms with Gasteiger partial charge in [-0.2, -0.15) is 5.10 Å². The molecule has 1 unspecified atom stereocenters. The molecule has 2 amide bonds. The van der Waals surface area contributed by atoms with Gasteiger partial charge in [-0.3, -0.25) is 14.3 Å². The molecule has 0 radical (unpaired) electrons. The summed E-state index contributed by atoms with van der Waals surface area (Å²) in [6.07, 6.45) is 1.41. The van der Waals surface area contributed by atoms with E-state index in [0.717, 1.165) is 17.8 Å². The van der Waals surface area contributed by atoms with Crippen LogP contribution in [-0.2, 0) is 16.1 Å². The molecule has 1 aliphatic rings. The predicted octanol–water partition coefficient (Wildman–Crippen LogP) is 0.627. The smallest absolute Gasteiger partial charge is 0.242 e. The summed E-state index contributed by atoms with van der Waals surface area (Å²) < 4.78 is 1.88. The zero-order valence-electron chi connectivity index (χ0n) is 12.3. The molecule has 110 valence electrons. The first-order valence-electron chi connectivity index (χ1n) is 7.07. The fraction of sp³-hybridized carbons (Fsp3) is 0.643. The quantitative estimate of drug-likeness (QED) is 0.859. The summed E-state index contributed by atoms with van der Waals surface area (Å²) in [6, 6.07) is 1.62. The topological polar surface area (TPSA) is 67.2 Å². The molecule has 6 heteroatoms. The van der Waals surface area contributed by atoms with E-state index >= 15 is 0 Å². The highest BCUT2D eigenvalue weighted by Gasteiger charge is 2.29. The molecular weight excluding hydrogens is 256 g/mol.